The highest BCUT2D eigenvalue weighted by molar-refractivity contribution is 5.75. The van der Waals surface area contributed by atoms with Gasteiger partial charge in [0.25, 0.3) is 0 Å². The molecule has 1 aromatic rings. The van der Waals surface area contributed by atoms with Crippen LogP contribution in [0.15, 0.2) is 18.2 Å². The standard InChI is InChI=1S/C19H24F2N2O3/c20-13-5-8-15(16(21)11-13)19(9-1-2-10-19)23-18(26)22-14-6-3-12(4-7-14)17(24)25/h5,8,11-12,14H,1-4,6-7,9-10H2,(H,24,25)(H2,22,23,26). The Balaban J connectivity index is 1.65. The highest BCUT2D eigenvalue weighted by Crippen LogP contribution is 2.40. The monoisotopic (exact) mass is 366 g/mol. The van der Waals surface area contributed by atoms with Crippen LogP contribution >= 0.6 is 0 Å². The van der Waals surface area contributed by atoms with Crippen LogP contribution in [0.2, 0.25) is 0 Å². The first-order valence-electron chi connectivity index (χ1n) is 9.17. The van der Waals surface area contributed by atoms with Crippen LogP contribution in [0.5, 0.6) is 0 Å². The van der Waals surface area contributed by atoms with Crippen molar-refractivity contribution in [3.8, 4) is 0 Å². The van der Waals surface area contributed by atoms with E-state index in [-0.39, 0.29) is 18.0 Å². The molecule has 0 saturated heterocycles. The summed E-state index contributed by atoms with van der Waals surface area (Å²) in [6.45, 7) is 0. The average Bonchev–Trinajstić information content (AvgIpc) is 3.04. The van der Waals surface area contributed by atoms with E-state index < -0.39 is 23.1 Å². The molecule has 26 heavy (non-hydrogen) atoms. The molecule has 1 aromatic carbocycles. The molecule has 2 aliphatic carbocycles. The van der Waals surface area contributed by atoms with Gasteiger partial charge in [-0.1, -0.05) is 18.9 Å². The van der Waals surface area contributed by atoms with Gasteiger partial charge >= 0.3 is 12.0 Å². The molecule has 7 heteroatoms. The Morgan fingerprint density at radius 1 is 1.08 bits per heavy atom. The van der Waals surface area contributed by atoms with E-state index in [1.165, 1.54) is 12.1 Å². The van der Waals surface area contributed by atoms with Crippen molar-refractivity contribution in [2.75, 3.05) is 0 Å². The van der Waals surface area contributed by atoms with Crippen molar-refractivity contribution in [2.45, 2.75) is 62.9 Å². The van der Waals surface area contributed by atoms with E-state index in [0.29, 0.717) is 44.1 Å². The number of carbonyl (C=O) groups excluding carboxylic acids is 1. The number of halogens is 2. The number of carboxylic acids is 1. The summed E-state index contributed by atoms with van der Waals surface area (Å²) in [5, 5.41) is 14.9. The highest BCUT2D eigenvalue weighted by Gasteiger charge is 2.39. The second kappa shape index (κ2) is 7.60. The minimum Gasteiger partial charge on any atom is -0.481 e. The lowest BCUT2D eigenvalue weighted by molar-refractivity contribution is -0.142. The van der Waals surface area contributed by atoms with E-state index in [2.05, 4.69) is 10.6 Å². The van der Waals surface area contributed by atoms with Crippen LogP contribution in [0.1, 0.15) is 56.9 Å². The van der Waals surface area contributed by atoms with Crippen LogP contribution in [0.25, 0.3) is 0 Å². The van der Waals surface area contributed by atoms with Crippen LogP contribution in [0, 0.1) is 17.6 Å². The lowest BCUT2D eigenvalue weighted by Crippen LogP contribution is -2.52. The average molecular weight is 366 g/mol. The fourth-order valence-electron chi connectivity index (χ4n) is 4.24. The Bertz CT molecular complexity index is 681. The van der Waals surface area contributed by atoms with E-state index in [9.17, 15) is 18.4 Å². The molecule has 2 fully saturated rings. The molecular formula is C19H24F2N2O3. The predicted octanol–water partition coefficient (Wildman–Crippen LogP) is 3.68. The molecule has 0 aliphatic heterocycles. The number of aliphatic carboxylic acids is 1. The Morgan fingerprint density at radius 3 is 2.31 bits per heavy atom. The zero-order chi connectivity index (χ0) is 18.7. The summed E-state index contributed by atoms with van der Waals surface area (Å²) in [5.41, 5.74) is -0.499. The molecule has 0 spiro atoms. The molecule has 0 bridgehead atoms. The zero-order valence-electron chi connectivity index (χ0n) is 14.6. The lowest BCUT2D eigenvalue weighted by atomic mass is 9.86. The molecule has 2 saturated carbocycles. The molecule has 142 valence electrons. The molecule has 0 aromatic heterocycles. The van der Waals surface area contributed by atoms with E-state index in [4.69, 9.17) is 5.11 Å². The van der Waals surface area contributed by atoms with Gasteiger partial charge < -0.3 is 15.7 Å². The maximum absolute atomic E-state index is 14.3. The number of rotatable bonds is 4. The van der Waals surface area contributed by atoms with Crippen LogP contribution in [-0.2, 0) is 10.3 Å². The molecule has 0 heterocycles. The van der Waals surface area contributed by atoms with Crippen LogP contribution in [-0.4, -0.2) is 23.1 Å². The van der Waals surface area contributed by atoms with Crippen molar-refractivity contribution in [1.29, 1.82) is 0 Å². The molecule has 3 N–H and O–H groups in total. The van der Waals surface area contributed by atoms with Gasteiger partial charge in [0, 0.05) is 17.7 Å². The summed E-state index contributed by atoms with van der Waals surface area (Å²) in [5.74, 6) is -2.41. The summed E-state index contributed by atoms with van der Waals surface area (Å²) in [6.07, 6.45) is 5.24. The summed E-state index contributed by atoms with van der Waals surface area (Å²) in [7, 11) is 0. The number of amides is 2. The number of nitrogens with one attached hydrogen (secondary N) is 2. The second-order valence-electron chi connectivity index (χ2n) is 7.40. The van der Waals surface area contributed by atoms with Gasteiger partial charge in [-0.2, -0.15) is 0 Å². The zero-order valence-corrected chi connectivity index (χ0v) is 14.6. The van der Waals surface area contributed by atoms with E-state index in [0.717, 1.165) is 18.9 Å². The second-order valence-corrected chi connectivity index (χ2v) is 7.40. The van der Waals surface area contributed by atoms with Crippen LogP contribution < -0.4 is 10.6 Å². The SMILES string of the molecule is O=C(NC1CCC(C(=O)O)CC1)NC1(c2ccc(F)cc2F)CCCC1. The molecule has 0 atom stereocenters. The van der Waals surface area contributed by atoms with E-state index in [1.54, 1.807) is 0 Å². The number of urea groups is 1. The molecule has 5 nitrogen and oxygen atoms in total. The quantitative estimate of drug-likeness (QED) is 0.761. The maximum Gasteiger partial charge on any atom is 0.315 e. The predicted molar refractivity (Wildman–Crippen MR) is 91.6 cm³/mol. The van der Waals surface area contributed by atoms with Crippen LogP contribution in [0.3, 0.4) is 0 Å². The van der Waals surface area contributed by atoms with E-state index in [1.807, 2.05) is 0 Å². The summed E-state index contributed by atoms with van der Waals surface area (Å²) in [4.78, 5) is 23.5. The number of benzene rings is 1. The fourth-order valence-corrected chi connectivity index (χ4v) is 4.24. The summed E-state index contributed by atoms with van der Waals surface area (Å²) < 4.78 is 27.5. The Labute approximate surface area is 151 Å². The van der Waals surface area contributed by atoms with Gasteiger partial charge in [-0.05, 0) is 44.6 Å². The Hall–Kier alpha value is -2.18. The van der Waals surface area contributed by atoms with Crippen molar-refractivity contribution in [3.05, 3.63) is 35.4 Å². The number of hydrogen-bond acceptors (Lipinski definition) is 2. The first-order chi connectivity index (χ1) is 12.4. The Kier molecular flexibility index (Phi) is 5.44. The van der Waals surface area contributed by atoms with Gasteiger partial charge in [-0.15, -0.1) is 0 Å². The number of hydrogen-bond donors (Lipinski definition) is 3. The van der Waals surface area contributed by atoms with Crippen molar-refractivity contribution >= 4 is 12.0 Å². The largest absolute Gasteiger partial charge is 0.481 e. The van der Waals surface area contributed by atoms with Gasteiger partial charge in [0.15, 0.2) is 0 Å². The minimum atomic E-state index is -0.819. The van der Waals surface area contributed by atoms with Crippen molar-refractivity contribution in [3.63, 3.8) is 0 Å². The first kappa shape index (κ1) is 18.6. The lowest BCUT2D eigenvalue weighted by Gasteiger charge is -2.33. The van der Waals surface area contributed by atoms with Crippen molar-refractivity contribution in [1.82, 2.24) is 10.6 Å². The van der Waals surface area contributed by atoms with Crippen molar-refractivity contribution < 1.29 is 23.5 Å². The number of carboxylic acid groups (broad SMARTS) is 1. The molecule has 2 amide bonds. The third-order valence-corrected chi connectivity index (χ3v) is 5.67. The maximum atomic E-state index is 14.3. The first-order valence-corrected chi connectivity index (χ1v) is 9.17. The summed E-state index contributed by atoms with van der Waals surface area (Å²) in [6, 6.07) is 3.01. The molecule has 0 unspecified atom stereocenters. The van der Waals surface area contributed by atoms with Gasteiger partial charge in [-0.3, -0.25) is 4.79 Å². The van der Waals surface area contributed by atoms with Crippen LogP contribution in [0.4, 0.5) is 13.6 Å². The smallest absolute Gasteiger partial charge is 0.315 e. The van der Waals surface area contributed by atoms with Gasteiger partial charge in [0.2, 0.25) is 0 Å². The van der Waals surface area contributed by atoms with Gasteiger partial charge in [0.05, 0.1) is 11.5 Å². The Morgan fingerprint density at radius 2 is 1.73 bits per heavy atom. The number of carbonyl (C=O) groups is 2. The van der Waals surface area contributed by atoms with Gasteiger partial charge in [0.1, 0.15) is 11.6 Å². The fraction of sp³-hybridized carbons (Fsp3) is 0.579. The molecule has 2 aliphatic rings. The molecule has 3 rings (SSSR count). The molecular weight excluding hydrogens is 342 g/mol. The third-order valence-electron chi connectivity index (χ3n) is 5.67. The van der Waals surface area contributed by atoms with Gasteiger partial charge in [-0.25, -0.2) is 13.6 Å². The van der Waals surface area contributed by atoms with Crippen molar-refractivity contribution in [2.24, 2.45) is 5.92 Å². The minimum absolute atomic E-state index is 0.0814. The molecule has 0 radical (unpaired) electrons. The normalized spacial score (nSPS) is 24.8. The highest BCUT2D eigenvalue weighted by atomic mass is 19.1. The van der Waals surface area contributed by atoms with E-state index >= 15 is 0 Å². The topological polar surface area (TPSA) is 78.4 Å². The summed E-state index contributed by atoms with van der Waals surface area (Å²) >= 11 is 0. The third kappa shape index (κ3) is 3.97.